The average Bonchev–Trinajstić information content (AvgIpc) is 3.38. The first-order valence-corrected chi connectivity index (χ1v) is 10.00. The summed E-state index contributed by atoms with van der Waals surface area (Å²) in [5.41, 5.74) is 1.19. The zero-order valence-corrected chi connectivity index (χ0v) is 17.0. The molecule has 0 aliphatic heterocycles. The molecule has 2 aromatic heterocycles. The van der Waals surface area contributed by atoms with Gasteiger partial charge in [0.25, 0.3) is 5.91 Å². The van der Waals surface area contributed by atoms with Gasteiger partial charge in [-0.1, -0.05) is 17.8 Å². The number of hydrogen-bond donors (Lipinski definition) is 2. The Hall–Kier alpha value is -3.40. The molecule has 1 aromatic carbocycles. The van der Waals surface area contributed by atoms with Gasteiger partial charge >= 0.3 is 0 Å². The highest BCUT2D eigenvalue weighted by molar-refractivity contribution is 7.99. The van der Waals surface area contributed by atoms with E-state index in [1.165, 1.54) is 36.2 Å². The number of anilines is 1. The number of nitrogens with one attached hydrogen (secondary N) is 2. The molecule has 30 heavy (non-hydrogen) atoms. The summed E-state index contributed by atoms with van der Waals surface area (Å²) >= 11 is 1.20. The molecule has 0 aliphatic carbocycles. The number of rotatable bonds is 9. The second kappa shape index (κ2) is 9.88. The molecule has 0 radical (unpaired) electrons. The Morgan fingerprint density at radius 1 is 1.33 bits per heavy atom. The summed E-state index contributed by atoms with van der Waals surface area (Å²) in [6.45, 7) is 6.00. The third kappa shape index (κ3) is 5.35. The summed E-state index contributed by atoms with van der Waals surface area (Å²) in [5, 5.41) is 14.2. The van der Waals surface area contributed by atoms with Gasteiger partial charge in [-0.3, -0.25) is 9.59 Å². The van der Waals surface area contributed by atoms with Crippen LogP contribution in [0.15, 0.2) is 58.8 Å². The molecule has 0 saturated heterocycles. The number of carbonyl (C=O) groups is 2. The number of aromatic nitrogens is 3. The van der Waals surface area contributed by atoms with Crippen LogP contribution in [-0.4, -0.2) is 32.3 Å². The molecule has 8 nitrogen and oxygen atoms in total. The molecule has 3 aromatic rings. The van der Waals surface area contributed by atoms with E-state index in [4.69, 9.17) is 4.42 Å². The summed E-state index contributed by atoms with van der Waals surface area (Å²) < 4.78 is 20.0. The Labute approximate surface area is 176 Å². The summed E-state index contributed by atoms with van der Waals surface area (Å²) in [7, 11) is 0. The van der Waals surface area contributed by atoms with Gasteiger partial charge in [-0.05, 0) is 42.8 Å². The van der Waals surface area contributed by atoms with Gasteiger partial charge in [0.1, 0.15) is 5.82 Å². The van der Waals surface area contributed by atoms with E-state index in [1.807, 2.05) is 0 Å². The van der Waals surface area contributed by atoms with Crippen molar-refractivity contribution in [1.29, 1.82) is 0 Å². The van der Waals surface area contributed by atoms with Crippen LogP contribution in [0.1, 0.15) is 21.9 Å². The van der Waals surface area contributed by atoms with Crippen LogP contribution in [0.4, 0.5) is 10.1 Å². The molecular weight excluding hydrogens is 409 g/mol. The molecule has 156 valence electrons. The monoisotopic (exact) mass is 429 g/mol. The molecule has 0 fully saturated rings. The Kier molecular flexibility index (Phi) is 7.02. The Morgan fingerprint density at radius 3 is 2.87 bits per heavy atom. The lowest BCUT2D eigenvalue weighted by Crippen LogP contribution is -2.24. The molecule has 0 saturated carbocycles. The van der Waals surface area contributed by atoms with Gasteiger partial charge in [-0.15, -0.1) is 16.8 Å². The number of allylic oxidation sites excluding steroid dienone is 1. The number of benzene rings is 1. The number of thioether (sulfide) groups is 1. The predicted molar refractivity (Wildman–Crippen MR) is 111 cm³/mol. The van der Waals surface area contributed by atoms with E-state index in [1.54, 1.807) is 29.7 Å². The van der Waals surface area contributed by atoms with Gasteiger partial charge < -0.3 is 19.6 Å². The van der Waals surface area contributed by atoms with E-state index in [2.05, 4.69) is 27.4 Å². The quantitative estimate of drug-likeness (QED) is 0.400. The van der Waals surface area contributed by atoms with Crippen molar-refractivity contribution in [2.24, 2.45) is 0 Å². The highest BCUT2D eigenvalue weighted by atomic mass is 32.2. The van der Waals surface area contributed by atoms with Gasteiger partial charge in [0.2, 0.25) is 5.91 Å². The van der Waals surface area contributed by atoms with Crippen molar-refractivity contribution in [2.75, 3.05) is 11.1 Å². The van der Waals surface area contributed by atoms with Crippen molar-refractivity contribution in [2.45, 2.75) is 25.2 Å². The van der Waals surface area contributed by atoms with Gasteiger partial charge in [0, 0.05) is 12.2 Å². The number of nitrogens with zero attached hydrogens (tertiary/aromatic N) is 3. The summed E-state index contributed by atoms with van der Waals surface area (Å²) in [4.78, 5) is 24.3. The van der Waals surface area contributed by atoms with Gasteiger partial charge in [0.05, 0.1) is 18.6 Å². The maximum atomic E-state index is 13.2. The predicted octanol–water partition coefficient (Wildman–Crippen LogP) is 3.17. The smallest absolute Gasteiger partial charge is 0.287 e. The van der Waals surface area contributed by atoms with Crippen LogP contribution in [0.5, 0.6) is 0 Å². The Balaban J connectivity index is 1.60. The molecule has 2 amide bonds. The fourth-order valence-electron chi connectivity index (χ4n) is 2.61. The zero-order chi connectivity index (χ0) is 21.5. The van der Waals surface area contributed by atoms with Crippen LogP contribution in [0.3, 0.4) is 0 Å². The standard InChI is InChI=1S/C20H20FN5O3S/c1-3-8-26-17(11-22-19(28)16-5-4-9-29-16)24-25-20(26)30-12-18(27)23-15-7-6-14(21)10-13(15)2/h3-7,9-10H,1,8,11-12H2,2H3,(H,22,28)(H,23,27). The molecule has 0 unspecified atom stereocenters. The maximum absolute atomic E-state index is 13.2. The first-order valence-electron chi connectivity index (χ1n) is 9.01. The lowest BCUT2D eigenvalue weighted by Gasteiger charge is -2.10. The van der Waals surface area contributed by atoms with Crippen molar-refractivity contribution in [3.63, 3.8) is 0 Å². The lowest BCUT2D eigenvalue weighted by molar-refractivity contribution is -0.113. The van der Waals surface area contributed by atoms with Crippen LogP contribution >= 0.6 is 11.8 Å². The largest absolute Gasteiger partial charge is 0.459 e. The van der Waals surface area contributed by atoms with E-state index in [-0.39, 0.29) is 35.7 Å². The molecule has 0 spiro atoms. The van der Waals surface area contributed by atoms with Crippen LogP contribution in [0.2, 0.25) is 0 Å². The molecular formula is C20H20FN5O3S. The summed E-state index contributed by atoms with van der Waals surface area (Å²) in [6.07, 6.45) is 3.09. The first-order chi connectivity index (χ1) is 14.5. The van der Waals surface area contributed by atoms with Gasteiger partial charge in [0.15, 0.2) is 16.7 Å². The summed E-state index contributed by atoms with van der Waals surface area (Å²) in [5.74, 6) is -0.166. The molecule has 3 rings (SSSR count). The van der Waals surface area contributed by atoms with Crippen LogP contribution in [-0.2, 0) is 17.9 Å². The minimum Gasteiger partial charge on any atom is -0.459 e. The van der Waals surface area contributed by atoms with Crippen LogP contribution < -0.4 is 10.6 Å². The second-order valence-corrected chi connectivity index (χ2v) is 7.20. The highest BCUT2D eigenvalue weighted by Gasteiger charge is 2.16. The van der Waals surface area contributed by atoms with Crippen molar-refractivity contribution >= 4 is 29.3 Å². The van der Waals surface area contributed by atoms with Crippen molar-refractivity contribution in [1.82, 2.24) is 20.1 Å². The van der Waals surface area contributed by atoms with Crippen molar-refractivity contribution < 1.29 is 18.4 Å². The van der Waals surface area contributed by atoms with E-state index in [9.17, 15) is 14.0 Å². The molecule has 2 heterocycles. The number of halogens is 1. The second-order valence-electron chi connectivity index (χ2n) is 6.25. The molecule has 0 aliphatic rings. The number of furan rings is 1. The fourth-order valence-corrected chi connectivity index (χ4v) is 3.37. The van der Waals surface area contributed by atoms with Crippen molar-refractivity contribution in [3.05, 3.63) is 72.2 Å². The van der Waals surface area contributed by atoms with Gasteiger partial charge in [-0.25, -0.2) is 4.39 Å². The minimum absolute atomic E-state index is 0.0881. The van der Waals surface area contributed by atoms with E-state index < -0.39 is 0 Å². The maximum Gasteiger partial charge on any atom is 0.287 e. The molecule has 10 heteroatoms. The van der Waals surface area contributed by atoms with E-state index >= 15 is 0 Å². The molecule has 0 atom stereocenters. The number of amides is 2. The fraction of sp³-hybridized carbons (Fsp3) is 0.200. The number of carbonyl (C=O) groups excluding carboxylic acids is 2. The molecule has 0 bridgehead atoms. The highest BCUT2D eigenvalue weighted by Crippen LogP contribution is 2.20. The van der Waals surface area contributed by atoms with Crippen LogP contribution in [0.25, 0.3) is 0 Å². The van der Waals surface area contributed by atoms with Gasteiger partial charge in [-0.2, -0.15) is 0 Å². The van der Waals surface area contributed by atoms with Crippen LogP contribution in [0, 0.1) is 12.7 Å². The third-order valence-corrected chi connectivity index (χ3v) is 5.02. The summed E-state index contributed by atoms with van der Waals surface area (Å²) in [6, 6.07) is 7.36. The first kappa shape index (κ1) is 21.3. The normalized spacial score (nSPS) is 10.6. The third-order valence-electron chi connectivity index (χ3n) is 4.05. The van der Waals surface area contributed by atoms with E-state index in [0.717, 1.165) is 0 Å². The average molecular weight is 429 g/mol. The Morgan fingerprint density at radius 2 is 2.17 bits per heavy atom. The topological polar surface area (TPSA) is 102 Å². The number of hydrogen-bond acceptors (Lipinski definition) is 6. The van der Waals surface area contributed by atoms with E-state index in [0.29, 0.717) is 28.8 Å². The minimum atomic E-state index is -0.364. The number of aryl methyl sites for hydroxylation is 1. The Bertz CT molecular complexity index is 1050. The zero-order valence-electron chi connectivity index (χ0n) is 16.2. The van der Waals surface area contributed by atoms with Crippen molar-refractivity contribution in [3.8, 4) is 0 Å². The SMILES string of the molecule is C=CCn1c(CNC(=O)c2ccco2)nnc1SCC(=O)Nc1ccc(F)cc1C. The molecule has 2 N–H and O–H groups in total. The lowest BCUT2D eigenvalue weighted by atomic mass is 10.2.